The summed E-state index contributed by atoms with van der Waals surface area (Å²) in [6.07, 6.45) is 0. The Labute approximate surface area is 150 Å². The molecule has 0 amide bonds. The van der Waals surface area contributed by atoms with Crippen molar-refractivity contribution in [1.82, 2.24) is 0 Å². The fraction of sp³-hybridized carbons (Fsp3) is 0.235. The van der Waals surface area contributed by atoms with Crippen molar-refractivity contribution < 1.29 is 14.3 Å². The van der Waals surface area contributed by atoms with E-state index < -0.39 is 5.97 Å². The van der Waals surface area contributed by atoms with E-state index in [1.165, 1.54) is 18.3 Å². The second-order valence-electron chi connectivity index (χ2n) is 4.98. The number of carbonyl (C=O) groups excluding carboxylic acids is 2. The number of hydrogen-bond acceptors (Lipinski definition) is 5. The zero-order valence-electron chi connectivity index (χ0n) is 13.6. The van der Waals surface area contributed by atoms with Crippen LogP contribution in [-0.4, -0.2) is 23.5 Å². The van der Waals surface area contributed by atoms with Gasteiger partial charge in [-0.15, -0.1) is 11.3 Å². The minimum Gasteiger partial charge on any atom is -0.462 e. The molecule has 0 radical (unpaired) electrons. The number of Topliss-reactive ketones (excluding diaryl/α,β-unsaturated/α-hetero) is 1. The molecule has 24 heavy (non-hydrogen) atoms. The zero-order valence-corrected chi connectivity index (χ0v) is 15.3. The third-order valence-electron chi connectivity index (χ3n) is 3.20. The number of esters is 1. The van der Waals surface area contributed by atoms with Gasteiger partial charge in [0, 0.05) is 5.69 Å². The summed E-state index contributed by atoms with van der Waals surface area (Å²) >= 11 is 6.49. The number of para-hydroxylation sites is 1. The van der Waals surface area contributed by atoms with E-state index in [1.54, 1.807) is 13.8 Å². The molecule has 0 saturated heterocycles. The molecule has 0 aliphatic heterocycles. The summed E-state index contributed by atoms with van der Waals surface area (Å²) in [7, 11) is 0. The Kier molecular flexibility index (Phi) is 6.05. The molecule has 1 heterocycles. The maximum absolute atomic E-state index is 12.2. The lowest BCUT2D eigenvalue weighted by molar-refractivity contribution is 0.0527. The molecule has 0 aliphatic carbocycles. The minimum atomic E-state index is -0.469. The van der Waals surface area contributed by atoms with Crippen LogP contribution in [-0.2, 0) is 4.74 Å². The van der Waals surface area contributed by atoms with E-state index in [0.717, 1.165) is 5.69 Å². The predicted octanol–water partition coefficient (Wildman–Crippen LogP) is 4.24. The predicted molar refractivity (Wildman–Crippen MR) is 101 cm³/mol. The number of hydrogen-bond donors (Lipinski definition) is 2. The first kappa shape index (κ1) is 18.1. The van der Waals surface area contributed by atoms with Crippen molar-refractivity contribution in [2.45, 2.75) is 20.8 Å². The number of ketones is 1. The molecular formula is C17H18N2O3S2. The monoisotopic (exact) mass is 362 g/mol. The molecule has 2 aromatic rings. The number of carbonyl (C=O) groups is 2. The Bertz CT molecular complexity index is 770. The van der Waals surface area contributed by atoms with Crippen LogP contribution in [0.1, 0.15) is 39.4 Å². The minimum absolute atomic E-state index is 0.0990. The topological polar surface area (TPSA) is 67.4 Å². The van der Waals surface area contributed by atoms with Crippen molar-refractivity contribution in [1.29, 1.82) is 0 Å². The van der Waals surface area contributed by atoms with Crippen molar-refractivity contribution in [3.8, 4) is 0 Å². The third-order valence-corrected chi connectivity index (χ3v) is 4.72. The molecule has 0 spiro atoms. The second-order valence-corrected chi connectivity index (χ2v) is 6.41. The highest BCUT2D eigenvalue weighted by Gasteiger charge is 2.24. The van der Waals surface area contributed by atoms with Gasteiger partial charge in [0.2, 0.25) is 0 Å². The van der Waals surface area contributed by atoms with Crippen LogP contribution in [0.5, 0.6) is 0 Å². The number of ether oxygens (including phenoxy) is 1. The van der Waals surface area contributed by atoms with Gasteiger partial charge >= 0.3 is 5.97 Å². The molecule has 2 rings (SSSR count). The standard InChI is InChI=1S/C17H18N2O3S2/c1-4-22-16(21)13-10(2)14(11(3)20)24-15(13)19-17(23)18-12-8-6-5-7-9-12/h5-9H,4H2,1-3H3,(H2,18,19,23). The van der Waals surface area contributed by atoms with Crippen LogP contribution in [0, 0.1) is 6.92 Å². The molecule has 1 aromatic heterocycles. The molecule has 0 unspecified atom stereocenters. The number of nitrogens with one attached hydrogen (secondary N) is 2. The van der Waals surface area contributed by atoms with Crippen LogP contribution in [0.3, 0.4) is 0 Å². The van der Waals surface area contributed by atoms with E-state index in [-0.39, 0.29) is 12.4 Å². The van der Waals surface area contributed by atoms with E-state index >= 15 is 0 Å². The van der Waals surface area contributed by atoms with Crippen molar-refractivity contribution in [3.63, 3.8) is 0 Å². The molecule has 1 aromatic carbocycles. The van der Waals surface area contributed by atoms with Gasteiger partial charge in [-0.1, -0.05) is 18.2 Å². The van der Waals surface area contributed by atoms with Gasteiger partial charge in [0.25, 0.3) is 0 Å². The summed E-state index contributed by atoms with van der Waals surface area (Å²) < 4.78 is 5.10. The maximum Gasteiger partial charge on any atom is 0.341 e. The van der Waals surface area contributed by atoms with Crippen LogP contribution >= 0.6 is 23.6 Å². The first-order valence-electron chi connectivity index (χ1n) is 7.38. The van der Waals surface area contributed by atoms with Crippen LogP contribution in [0.25, 0.3) is 0 Å². The first-order chi connectivity index (χ1) is 11.4. The fourth-order valence-electron chi connectivity index (χ4n) is 2.17. The summed E-state index contributed by atoms with van der Waals surface area (Å²) in [5.41, 5.74) is 1.79. The number of benzene rings is 1. The summed E-state index contributed by atoms with van der Waals surface area (Å²) in [5.74, 6) is -0.568. The Balaban J connectivity index is 2.28. The van der Waals surface area contributed by atoms with Gasteiger partial charge in [0.1, 0.15) is 5.00 Å². The third kappa shape index (κ3) is 4.18. The molecular weight excluding hydrogens is 344 g/mol. The molecule has 0 bridgehead atoms. The lowest BCUT2D eigenvalue weighted by Gasteiger charge is -2.11. The van der Waals surface area contributed by atoms with Crippen molar-refractivity contribution >= 4 is 51.1 Å². The van der Waals surface area contributed by atoms with Gasteiger partial charge < -0.3 is 15.4 Å². The quantitative estimate of drug-likeness (QED) is 0.471. The van der Waals surface area contributed by atoms with Gasteiger partial charge in [-0.05, 0) is 50.7 Å². The second kappa shape index (κ2) is 8.03. The summed E-state index contributed by atoms with van der Waals surface area (Å²) in [6.45, 7) is 5.20. The Morgan fingerprint density at radius 1 is 1.21 bits per heavy atom. The van der Waals surface area contributed by atoms with Gasteiger partial charge in [0.15, 0.2) is 10.9 Å². The van der Waals surface area contributed by atoms with Crippen LogP contribution in [0.2, 0.25) is 0 Å². The molecule has 0 fully saturated rings. The zero-order chi connectivity index (χ0) is 17.7. The van der Waals surface area contributed by atoms with Crippen molar-refractivity contribution in [2.24, 2.45) is 0 Å². The fourth-order valence-corrected chi connectivity index (χ4v) is 3.55. The highest BCUT2D eigenvalue weighted by molar-refractivity contribution is 7.80. The summed E-state index contributed by atoms with van der Waals surface area (Å²) in [4.78, 5) is 24.5. The van der Waals surface area contributed by atoms with Gasteiger partial charge in [-0.25, -0.2) is 4.79 Å². The Morgan fingerprint density at radius 2 is 1.88 bits per heavy atom. The SMILES string of the molecule is CCOC(=O)c1c(NC(=S)Nc2ccccc2)sc(C(C)=O)c1C. The molecule has 2 N–H and O–H groups in total. The average molecular weight is 362 g/mol. The molecule has 0 aliphatic rings. The largest absolute Gasteiger partial charge is 0.462 e. The molecule has 126 valence electrons. The van der Waals surface area contributed by atoms with E-state index in [0.29, 0.717) is 26.1 Å². The lowest BCUT2D eigenvalue weighted by Crippen LogP contribution is -2.20. The average Bonchev–Trinajstić information content (AvgIpc) is 2.85. The summed E-state index contributed by atoms with van der Waals surface area (Å²) in [5, 5.41) is 6.88. The normalized spacial score (nSPS) is 10.1. The van der Waals surface area contributed by atoms with E-state index in [9.17, 15) is 9.59 Å². The molecule has 0 atom stereocenters. The van der Waals surface area contributed by atoms with Crippen LogP contribution in [0.4, 0.5) is 10.7 Å². The van der Waals surface area contributed by atoms with E-state index in [1.807, 2.05) is 30.3 Å². The smallest absolute Gasteiger partial charge is 0.341 e. The van der Waals surface area contributed by atoms with Crippen molar-refractivity contribution in [2.75, 3.05) is 17.2 Å². The van der Waals surface area contributed by atoms with Gasteiger partial charge in [-0.2, -0.15) is 0 Å². The first-order valence-corrected chi connectivity index (χ1v) is 8.61. The maximum atomic E-state index is 12.2. The van der Waals surface area contributed by atoms with Gasteiger partial charge in [-0.3, -0.25) is 4.79 Å². The van der Waals surface area contributed by atoms with E-state index in [4.69, 9.17) is 17.0 Å². The van der Waals surface area contributed by atoms with E-state index in [2.05, 4.69) is 10.6 Å². The van der Waals surface area contributed by atoms with Crippen LogP contribution in [0.15, 0.2) is 30.3 Å². The lowest BCUT2D eigenvalue weighted by atomic mass is 10.1. The summed E-state index contributed by atoms with van der Waals surface area (Å²) in [6, 6.07) is 9.43. The molecule has 7 heteroatoms. The highest BCUT2D eigenvalue weighted by Crippen LogP contribution is 2.34. The Morgan fingerprint density at radius 3 is 2.46 bits per heavy atom. The number of thiocarbonyl (C=S) groups is 1. The molecule has 0 saturated carbocycles. The van der Waals surface area contributed by atoms with Gasteiger partial charge in [0.05, 0.1) is 17.0 Å². The number of anilines is 2. The highest BCUT2D eigenvalue weighted by atomic mass is 32.1. The number of thiophene rings is 1. The van der Waals surface area contributed by atoms with Crippen LogP contribution < -0.4 is 10.6 Å². The van der Waals surface area contributed by atoms with Crippen molar-refractivity contribution in [3.05, 3.63) is 46.3 Å². The molecule has 5 nitrogen and oxygen atoms in total. The number of rotatable bonds is 5. The Hall–Kier alpha value is -2.25.